The number of benzene rings is 6. The molecule has 2 aliphatic rings. The van der Waals surface area contributed by atoms with Crippen LogP contribution in [0.5, 0.6) is 0 Å². The van der Waals surface area contributed by atoms with E-state index in [1.807, 2.05) is 0 Å². The molecule has 6 aromatic carbocycles. The van der Waals surface area contributed by atoms with Crippen LogP contribution in [-0.2, 0) is 21.7 Å². The topological polar surface area (TPSA) is 6.48 Å². The predicted octanol–water partition coefficient (Wildman–Crippen LogP) is 12.9. The van der Waals surface area contributed by atoms with Crippen molar-refractivity contribution in [2.24, 2.45) is 0 Å². The first-order chi connectivity index (χ1) is 26.2. The van der Waals surface area contributed by atoms with Gasteiger partial charge in [-0.25, -0.2) is 0 Å². The molecule has 6 aromatic rings. The fourth-order valence-corrected chi connectivity index (χ4v) is 8.77. The van der Waals surface area contributed by atoms with Gasteiger partial charge in [-0.05, 0) is 127 Å². The molecule has 284 valence electrons. The predicted molar refractivity (Wildman–Crippen MR) is 245 cm³/mol. The number of nitrogens with zero attached hydrogens (tertiary/aromatic N) is 2. The van der Waals surface area contributed by atoms with Gasteiger partial charge in [0.1, 0.15) is 0 Å². The highest BCUT2D eigenvalue weighted by Gasteiger charge is 2.44. The van der Waals surface area contributed by atoms with Crippen molar-refractivity contribution in [3.63, 3.8) is 0 Å². The molecule has 0 atom stereocenters. The molecule has 2 heterocycles. The van der Waals surface area contributed by atoms with Crippen molar-refractivity contribution in [2.45, 2.75) is 112 Å². The van der Waals surface area contributed by atoms with Crippen molar-refractivity contribution in [2.75, 3.05) is 9.80 Å². The second-order valence-electron chi connectivity index (χ2n) is 20.5. The van der Waals surface area contributed by atoms with Gasteiger partial charge in [0.25, 0.3) is 6.71 Å². The minimum absolute atomic E-state index is 0.000769. The Morgan fingerprint density at radius 2 is 0.821 bits per heavy atom. The van der Waals surface area contributed by atoms with E-state index in [-0.39, 0.29) is 28.4 Å². The summed E-state index contributed by atoms with van der Waals surface area (Å²) in [6, 6.07) is 47.0. The first kappa shape index (κ1) is 37.9. The first-order valence-electron chi connectivity index (χ1n) is 20.6. The van der Waals surface area contributed by atoms with Crippen LogP contribution in [0.25, 0.3) is 11.1 Å². The zero-order valence-corrected chi connectivity index (χ0v) is 36.0. The molecule has 0 spiro atoms. The van der Waals surface area contributed by atoms with Crippen LogP contribution < -0.4 is 26.2 Å². The van der Waals surface area contributed by atoms with Gasteiger partial charge >= 0.3 is 0 Å². The molecule has 0 bridgehead atoms. The summed E-state index contributed by atoms with van der Waals surface area (Å²) in [5, 5.41) is 0. The molecule has 0 saturated heterocycles. The van der Waals surface area contributed by atoms with E-state index < -0.39 is 0 Å². The number of fused-ring (bicyclic) bond motifs is 4. The molecule has 2 aliphatic heterocycles. The van der Waals surface area contributed by atoms with Gasteiger partial charge in [0.05, 0.1) is 5.69 Å². The second kappa shape index (κ2) is 13.0. The fourth-order valence-electron chi connectivity index (χ4n) is 8.77. The summed E-state index contributed by atoms with van der Waals surface area (Å²) in [7, 11) is 0. The number of hydrogen-bond acceptors (Lipinski definition) is 2. The maximum Gasteiger partial charge on any atom is 0.252 e. The zero-order valence-electron chi connectivity index (χ0n) is 36.0. The summed E-state index contributed by atoms with van der Waals surface area (Å²) in [5.74, 6) is 0. The van der Waals surface area contributed by atoms with Gasteiger partial charge in [-0.3, -0.25) is 0 Å². The Morgan fingerprint density at radius 3 is 1.32 bits per heavy atom. The van der Waals surface area contributed by atoms with Gasteiger partial charge in [-0.2, -0.15) is 0 Å². The molecule has 0 fully saturated rings. The average molecular weight is 735 g/mol. The van der Waals surface area contributed by atoms with Gasteiger partial charge in [-0.1, -0.05) is 156 Å². The lowest BCUT2D eigenvalue weighted by molar-refractivity contribution is 0.590. The van der Waals surface area contributed by atoms with Crippen molar-refractivity contribution < 1.29 is 0 Å². The molecule has 3 heteroatoms. The number of aryl methyl sites for hydroxylation is 1. The smallest absolute Gasteiger partial charge is 0.252 e. The van der Waals surface area contributed by atoms with Crippen LogP contribution in [0.15, 0.2) is 121 Å². The van der Waals surface area contributed by atoms with E-state index in [0.29, 0.717) is 0 Å². The second-order valence-corrected chi connectivity index (χ2v) is 20.5. The molecule has 8 rings (SSSR count). The Hall–Kier alpha value is -5.02. The summed E-state index contributed by atoms with van der Waals surface area (Å²) >= 11 is 0. The van der Waals surface area contributed by atoms with Crippen LogP contribution in [0, 0.1) is 6.92 Å². The van der Waals surface area contributed by atoms with Crippen molar-refractivity contribution in [1.82, 2.24) is 0 Å². The summed E-state index contributed by atoms with van der Waals surface area (Å²) in [4.78, 5) is 5.15. The normalized spacial score (nSPS) is 14.1. The summed E-state index contributed by atoms with van der Waals surface area (Å²) in [5.41, 5.74) is 20.7. The van der Waals surface area contributed by atoms with E-state index in [4.69, 9.17) is 0 Å². The minimum atomic E-state index is -0.00854. The van der Waals surface area contributed by atoms with Crippen molar-refractivity contribution >= 4 is 57.2 Å². The zero-order chi connectivity index (χ0) is 40.1. The highest BCUT2D eigenvalue weighted by Crippen LogP contribution is 2.48. The Kier molecular flexibility index (Phi) is 8.81. The maximum atomic E-state index is 2.60. The third-order valence-corrected chi connectivity index (χ3v) is 12.1. The Morgan fingerprint density at radius 1 is 0.393 bits per heavy atom. The molecule has 0 aromatic heterocycles. The van der Waals surface area contributed by atoms with Crippen LogP contribution in [-0.4, -0.2) is 6.71 Å². The highest BCUT2D eigenvalue weighted by atomic mass is 15.2. The van der Waals surface area contributed by atoms with Crippen molar-refractivity contribution in [1.29, 1.82) is 0 Å². The van der Waals surface area contributed by atoms with Gasteiger partial charge < -0.3 is 9.80 Å². The van der Waals surface area contributed by atoms with E-state index in [2.05, 4.69) is 221 Å². The van der Waals surface area contributed by atoms with Gasteiger partial charge in [-0.15, -0.1) is 0 Å². The van der Waals surface area contributed by atoms with Crippen LogP contribution in [0.2, 0.25) is 0 Å². The molecular weight excluding hydrogens is 675 g/mol. The average Bonchev–Trinajstić information content (AvgIpc) is 3.13. The maximum absolute atomic E-state index is 2.60. The molecule has 0 unspecified atom stereocenters. The largest absolute Gasteiger partial charge is 0.311 e. The summed E-state index contributed by atoms with van der Waals surface area (Å²) < 4.78 is 0. The monoisotopic (exact) mass is 734 g/mol. The number of anilines is 6. The Labute approximate surface area is 337 Å². The lowest BCUT2D eigenvalue weighted by atomic mass is 9.33. The summed E-state index contributed by atoms with van der Waals surface area (Å²) in [6.45, 7) is 30.2. The van der Waals surface area contributed by atoms with Gasteiger partial charge in [0.15, 0.2) is 0 Å². The van der Waals surface area contributed by atoms with Gasteiger partial charge in [0.2, 0.25) is 0 Å². The molecule has 0 N–H and O–H groups in total. The molecule has 0 saturated carbocycles. The highest BCUT2D eigenvalue weighted by molar-refractivity contribution is 7.00. The van der Waals surface area contributed by atoms with E-state index in [0.717, 1.165) is 0 Å². The standard InChI is InChI=1S/C53H59BN2/c1-34-29-47-49-48(30-34)56(44-26-21-37(51(5,6)7)31-41(44)35-17-15-14-16-18-35)46-28-23-39(53(11,12)13)33-43(46)54(49)42-32-38(52(8,9)10)22-27-45(42)55(47)40-24-19-36(20-25-40)50(2,3)4/h14-33H,1-13H3. The van der Waals surface area contributed by atoms with Crippen LogP contribution in [0.3, 0.4) is 0 Å². The van der Waals surface area contributed by atoms with Crippen molar-refractivity contribution in [3.8, 4) is 11.1 Å². The quantitative estimate of drug-likeness (QED) is 0.167. The molecule has 0 amide bonds. The van der Waals surface area contributed by atoms with Crippen LogP contribution >= 0.6 is 0 Å². The van der Waals surface area contributed by atoms with E-state index in [1.54, 1.807) is 0 Å². The third-order valence-electron chi connectivity index (χ3n) is 12.1. The number of hydrogen-bond donors (Lipinski definition) is 0. The van der Waals surface area contributed by atoms with E-state index in [9.17, 15) is 0 Å². The fraction of sp³-hybridized carbons (Fsp3) is 0.321. The minimum Gasteiger partial charge on any atom is -0.311 e. The van der Waals surface area contributed by atoms with Crippen molar-refractivity contribution in [3.05, 3.63) is 149 Å². The summed E-state index contributed by atoms with van der Waals surface area (Å²) in [6.07, 6.45) is 0. The third kappa shape index (κ3) is 6.47. The van der Waals surface area contributed by atoms with Gasteiger partial charge in [0, 0.05) is 34.0 Å². The Balaban J connectivity index is 1.49. The lowest BCUT2D eigenvalue weighted by Gasteiger charge is -2.45. The van der Waals surface area contributed by atoms with E-state index >= 15 is 0 Å². The number of rotatable bonds is 3. The molecule has 0 aliphatic carbocycles. The lowest BCUT2D eigenvalue weighted by Crippen LogP contribution is -2.61. The Bertz CT molecular complexity index is 2460. The molecule has 56 heavy (non-hydrogen) atoms. The molecular formula is C53H59BN2. The molecule has 0 radical (unpaired) electrons. The van der Waals surface area contributed by atoms with Crippen LogP contribution in [0.1, 0.15) is 111 Å². The first-order valence-corrected chi connectivity index (χ1v) is 20.6. The molecule has 2 nitrogen and oxygen atoms in total. The van der Waals surface area contributed by atoms with Crippen LogP contribution in [0.4, 0.5) is 34.1 Å². The van der Waals surface area contributed by atoms with E-state index in [1.165, 1.54) is 89.5 Å². The SMILES string of the molecule is Cc1cc2c3c(c1)N(c1ccc(C(C)(C)C)cc1-c1ccccc1)c1ccc(C(C)(C)C)cc1B3c1cc(C(C)(C)C)ccc1N2c1ccc(C(C)(C)C)cc1.